The van der Waals surface area contributed by atoms with Gasteiger partial charge in [0, 0.05) is 29.8 Å². The Balaban J connectivity index is 1.88. The van der Waals surface area contributed by atoms with Crippen LogP contribution in [0.2, 0.25) is 0 Å². The van der Waals surface area contributed by atoms with Gasteiger partial charge in [0.1, 0.15) is 0 Å². The maximum Gasteiger partial charge on any atom is 0.258 e. The molecule has 2 aromatic carbocycles. The van der Waals surface area contributed by atoms with Crippen LogP contribution in [0, 0.1) is 3.57 Å². The van der Waals surface area contributed by atoms with E-state index in [-0.39, 0.29) is 16.9 Å². The molecule has 5 nitrogen and oxygen atoms in total. The normalized spacial score (nSPS) is 10.1. The first-order valence-electron chi connectivity index (χ1n) is 8.03. The Morgan fingerprint density at radius 2 is 1.73 bits per heavy atom. The third-order valence-electron chi connectivity index (χ3n) is 3.68. The van der Waals surface area contributed by atoms with E-state index in [1.54, 1.807) is 25.1 Å². The number of hydrogen-bond donors (Lipinski definition) is 2. The molecule has 7 heteroatoms. The zero-order valence-electron chi connectivity index (χ0n) is 14.6. The standard InChI is InChI=1S/C19H20IN3O2S/c1-23(2)17(24)12-9-13-7-10-14(11-8-13)21-19(26)22-18(25)15-5-3-4-6-16(15)20/h3-8,10-11H,9,12H2,1-2H3,(H2,21,22,25,26). The van der Waals surface area contributed by atoms with Gasteiger partial charge in [-0.15, -0.1) is 0 Å². The van der Waals surface area contributed by atoms with Crippen molar-refractivity contribution >= 4 is 57.4 Å². The summed E-state index contributed by atoms with van der Waals surface area (Å²) in [6, 6.07) is 14.9. The van der Waals surface area contributed by atoms with E-state index in [1.807, 2.05) is 42.5 Å². The highest BCUT2D eigenvalue weighted by Crippen LogP contribution is 2.13. The SMILES string of the molecule is CN(C)C(=O)CCc1ccc(NC(=S)NC(=O)c2ccccc2I)cc1. The molecule has 0 saturated heterocycles. The van der Waals surface area contributed by atoms with E-state index >= 15 is 0 Å². The van der Waals surface area contributed by atoms with E-state index in [9.17, 15) is 9.59 Å². The van der Waals surface area contributed by atoms with E-state index in [0.29, 0.717) is 18.4 Å². The van der Waals surface area contributed by atoms with Crippen molar-refractivity contribution in [2.75, 3.05) is 19.4 Å². The van der Waals surface area contributed by atoms with Crippen molar-refractivity contribution in [3.8, 4) is 0 Å². The summed E-state index contributed by atoms with van der Waals surface area (Å²) in [5, 5.41) is 5.91. The summed E-state index contributed by atoms with van der Waals surface area (Å²) in [7, 11) is 3.50. The zero-order valence-corrected chi connectivity index (χ0v) is 17.6. The maximum atomic E-state index is 12.2. The van der Waals surface area contributed by atoms with Gasteiger partial charge in [-0.2, -0.15) is 0 Å². The Bertz CT molecular complexity index is 807. The lowest BCUT2D eigenvalue weighted by atomic mass is 10.1. The van der Waals surface area contributed by atoms with E-state index < -0.39 is 0 Å². The summed E-state index contributed by atoms with van der Waals surface area (Å²) >= 11 is 7.32. The van der Waals surface area contributed by atoms with Crippen molar-refractivity contribution in [1.82, 2.24) is 10.2 Å². The highest BCUT2D eigenvalue weighted by molar-refractivity contribution is 14.1. The predicted octanol–water partition coefficient (Wildman–Crippen LogP) is 3.44. The van der Waals surface area contributed by atoms with Crippen LogP contribution in [-0.4, -0.2) is 35.9 Å². The summed E-state index contributed by atoms with van der Waals surface area (Å²) in [6.07, 6.45) is 1.16. The second-order valence-corrected chi connectivity index (χ2v) is 7.44. The number of carbonyl (C=O) groups excluding carboxylic acids is 2. The minimum Gasteiger partial charge on any atom is -0.349 e. The molecule has 0 heterocycles. The molecule has 2 amide bonds. The van der Waals surface area contributed by atoms with Gasteiger partial charge >= 0.3 is 0 Å². The first-order chi connectivity index (χ1) is 12.4. The number of nitrogens with one attached hydrogen (secondary N) is 2. The lowest BCUT2D eigenvalue weighted by molar-refractivity contribution is -0.128. The average Bonchev–Trinajstić information content (AvgIpc) is 2.60. The number of hydrogen-bond acceptors (Lipinski definition) is 3. The second-order valence-electron chi connectivity index (χ2n) is 5.87. The van der Waals surface area contributed by atoms with E-state index in [2.05, 4.69) is 33.2 Å². The van der Waals surface area contributed by atoms with Crippen molar-refractivity contribution < 1.29 is 9.59 Å². The monoisotopic (exact) mass is 481 g/mol. The number of benzene rings is 2. The van der Waals surface area contributed by atoms with Crippen LogP contribution in [0.3, 0.4) is 0 Å². The van der Waals surface area contributed by atoms with Crippen LogP contribution in [-0.2, 0) is 11.2 Å². The second kappa shape index (κ2) is 9.63. The number of aryl methyl sites for hydroxylation is 1. The third-order valence-corrected chi connectivity index (χ3v) is 4.83. The molecule has 0 radical (unpaired) electrons. The smallest absolute Gasteiger partial charge is 0.258 e. The topological polar surface area (TPSA) is 61.4 Å². The van der Waals surface area contributed by atoms with Crippen LogP contribution in [0.5, 0.6) is 0 Å². The third kappa shape index (κ3) is 6.06. The van der Waals surface area contributed by atoms with Crippen molar-refractivity contribution in [1.29, 1.82) is 0 Å². The molecule has 2 N–H and O–H groups in total. The molecular weight excluding hydrogens is 461 g/mol. The summed E-state index contributed by atoms with van der Waals surface area (Å²) in [6.45, 7) is 0. The van der Waals surface area contributed by atoms with Gasteiger partial charge in [0.2, 0.25) is 5.91 Å². The number of carbonyl (C=O) groups is 2. The largest absolute Gasteiger partial charge is 0.349 e. The van der Waals surface area contributed by atoms with Gasteiger partial charge in [-0.05, 0) is 71.1 Å². The Labute approximate surface area is 172 Å². The van der Waals surface area contributed by atoms with Gasteiger partial charge in [0.05, 0.1) is 5.56 Å². The van der Waals surface area contributed by atoms with Crippen LogP contribution in [0.15, 0.2) is 48.5 Å². The summed E-state index contributed by atoms with van der Waals surface area (Å²) < 4.78 is 0.863. The fraction of sp³-hybridized carbons (Fsp3) is 0.211. The minimum atomic E-state index is -0.244. The number of nitrogens with zero attached hydrogens (tertiary/aromatic N) is 1. The molecule has 2 rings (SSSR count). The number of rotatable bonds is 5. The lowest BCUT2D eigenvalue weighted by Crippen LogP contribution is -2.34. The van der Waals surface area contributed by atoms with Gasteiger partial charge in [-0.3, -0.25) is 14.9 Å². The highest BCUT2D eigenvalue weighted by atomic mass is 127. The quantitative estimate of drug-likeness (QED) is 0.508. The van der Waals surface area contributed by atoms with Gasteiger partial charge < -0.3 is 10.2 Å². The summed E-state index contributed by atoms with van der Waals surface area (Å²) in [5.41, 5.74) is 2.43. The van der Waals surface area contributed by atoms with Crippen LogP contribution >= 0.6 is 34.8 Å². The van der Waals surface area contributed by atoms with Gasteiger partial charge in [0.25, 0.3) is 5.91 Å². The van der Waals surface area contributed by atoms with Crippen LogP contribution < -0.4 is 10.6 Å². The van der Waals surface area contributed by atoms with Crippen molar-refractivity contribution in [3.63, 3.8) is 0 Å². The van der Waals surface area contributed by atoms with Gasteiger partial charge in [-0.25, -0.2) is 0 Å². The Morgan fingerprint density at radius 1 is 1.08 bits per heavy atom. The highest BCUT2D eigenvalue weighted by Gasteiger charge is 2.11. The molecule has 0 aliphatic carbocycles. The maximum absolute atomic E-state index is 12.2. The molecule has 0 bridgehead atoms. The first kappa shape index (κ1) is 20.3. The number of anilines is 1. The molecule has 26 heavy (non-hydrogen) atoms. The summed E-state index contributed by atoms with van der Waals surface area (Å²) in [5.74, 6) is -0.141. The minimum absolute atomic E-state index is 0.103. The average molecular weight is 481 g/mol. The molecule has 0 unspecified atom stereocenters. The zero-order chi connectivity index (χ0) is 19.1. The fourth-order valence-corrected chi connectivity index (χ4v) is 3.05. The predicted molar refractivity (Wildman–Crippen MR) is 116 cm³/mol. The Hall–Kier alpha value is -2.00. The Kier molecular flexibility index (Phi) is 7.52. The molecule has 2 aromatic rings. The number of halogens is 1. The van der Waals surface area contributed by atoms with Crippen molar-refractivity contribution in [3.05, 3.63) is 63.2 Å². The van der Waals surface area contributed by atoms with Gasteiger partial charge in [-0.1, -0.05) is 24.3 Å². The molecule has 0 saturated carbocycles. The molecule has 0 aliphatic rings. The molecule has 136 valence electrons. The van der Waals surface area contributed by atoms with E-state index in [4.69, 9.17) is 12.2 Å². The van der Waals surface area contributed by atoms with E-state index in [0.717, 1.165) is 14.8 Å². The molecule has 0 fully saturated rings. The van der Waals surface area contributed by atoms with E-state index in [1.165, 1.54) is 0 Å². The van der Waals surface area contributed by atoms with Crippen molar-refractivity contribution in [2.45, 2.75) is 12.8 Å². The molecule has 0 spiro atoms. The van der Waals surface area contributed by atoms with Crippen LogP contribution in [0.4, 0.5) is 5.69 Å². The Morgan fingerprint density at radius 3 is 2.35 bits per heavy atom. The molecule has 0 aliphatic heterocycles. The molecule has 0 atom stereocenters. The summed E-state index contributed by atoms with van der Waals surface area (Å²) in [4.78, 5) is 25.5. The van der Waals surface area contributed by atoms with Crippen LogP contribution in [0.1, 0.15) is 22.3 Å². The molecule has 0 aromatic heterocycles. The first-order valence-corrected chi connectivity index (χ1v) is 9.51. The number of thiocarbonyl (C=S) groups is 1. The number of amides is 2. The lowest BCUT2D eigenvalue weighted by Gasteiger charge is -2.12. The van der Waals surface area contributed by atoms with Gasteiger partial charge in [0.15, 0.2) is 5.11 Å². The van der Waals surface area contributed by atoms with Crippen LogP contribution in [0.25, 0.3) is 0 Å². The van der Waals surface area contributed by atoms with Crippen molar-refractivity contribution in [2.24, 2.45) is 0 Å². The fourth-order valence-electron chi connectivity index (χ4n) is 2.21. The molecular formula is C19H20IN3O2S.